The van der Waals surface area contributed by atoms with Crippen LogP contribution in [0.25, 0.3) is 0 Å². The molecule has 0 unspecified atom stereocenters. The molecular formula is C14H18B4O2. The molecule has 1 aliphatic heterocycles. The zero-order chi connectivity index (χ0) is 15.5. The van der Waals surface area contributed by atoms with Crippen molar-refractivity contribution in [2.75, 3.05) is 0 Å². The zero-order valence-electron chi connectivity index (χ0n) is 13.1. The van der Waals surface area contributed by atoms with E-state index in [2.05, 4.69) is 0 Å². The van der Waals surface area contributed by atoms with Crippen LogP contribution in [0, 0.1) is 13.8 Å². The van der Waals surface area contributed by atoms with Gasteiger partial charge in [-0.15, -0.1) is 16.4 Å². The molecule has 0 bridgehead atoms. The van der Waals surface area contributed by atoms with Crippen molar-refractivity contribution < 1.29 is 9.31 Å². The molecule has 0 amide bonds. The molecule has 0 spiro atoms. The minimum Gasteiger partial charge on any atom is -0.399 e. The first-order chi connectivity index (χ1) is 8.99. The molecule has 0 N–H and O–H groups in total. The number of hydrogen-bond acceptors (Lipinski definition) is 2. The quantitative estimate of drug-likeness (QED) is 0.603. The second kappa shape index (κ2) is 4.71. The van der Waals surface area contributed by atoms with E-state index in [4.69, 9.17) is 32.8 Å². The van der Waals surface area contributed by atoms with Gasteiger partial charge in [-0.05, 0) is 52.6 Å². The first-order valence-corrected chi connectivity index (χ1v) is 6.78. The predicted molar refractivity (Wildman–Crippen MR) is 87.8 cm³/mol. The fourth-order valence-electron chi connectivity index (χ4n) is 2.36. The third-order valence-electron chi connectivity index (χ3n) is 4.73. The summed E-state index contributed by atoms with van der Waals surface area (Å²) in [7, 11) is 17.6. The Morgan fingerprint density at radius 3 is 1.65 bits per heavy atom. The minimum absolute atomic E-state index is 0.401. The van der Waals surface area contributed by atoms with Crippen LogP contribution in [0.15, 0.2) is 0 Å². The average molecular weight is 262 g/mol. The molecule has 2 nitrogen and oxygen atoms in total. The second-order valence-corrected chi connectivity index (χ2v) is 6.49. The van der Waals surface area contributed by atoms with E-state index in [0.29, 0.717) is 16.4 Å². The van der Waals surface area contributed by atoms with Gasteiger partial charge >= 0.3 is 7.12 Å². The third-order valence-corrected chi connectivity index (χ3v) is 4.73. The standard InChI is InChI=1S/C14H18B4O2/c1-7-8(2)12(11(17)10(16)9(7)15)18-19-13(3,4)14(5,6)20-18/h1-6H3. The van der Waals surface area contributed by atoms with Crippen LogP contribution in [-0.4, -0.2) is 41.9 Å². The van der Waals surface area contributed by atoms with Gasteiger partial charge < -0.3 is 9.31 Å². The highest BCUT2D eigenvalue weighted by molar-refractivity contribution is 6.72. The summed E-state index contributed by atoms with van der Waals surface area (Å²) in [6.45, 7) is 11.9. The lowest BCUT2D eigenvalue weighted by atomic mass is 9.60. The van der Waals surface area contributed by atoms with E-state index >= 15 is 0 Å². The van der Waals surface area contributed by atoms with Crippen molar-refractivity contribution in [2.45, 2.75) is 52.7 Å². The van der Waals surface area contributed by atoms with Crippen LogP contribution in [0.4, 0.5) is 0 Å². The maximum absolute atomic E-state index is 6.15. The fraction of sp³-hybridized carbons (Fsp3) is 0.571. The highest BCUT2D eigenvalue weighted by Crippen LogP contribution is 2.36. The van der Waals surface area contributed by atoms with Crippen molar-refractivity contribution in [1.82, 2.24) is 0 Å². The summed E-state index contributed by atoms with van der Waals surface area (Å²) in [5.74, 6) is 0. The van der Waals surface area contributed by atoms with Crippen molar-refractivity contribution in [2.24, 2.45) is 0 Å². The molecule has 1 heterocycles. The summed E-state index contributed by atoms with van der Waals surface area (Å²) in [5.41, 5.74) is 3.21. The Morgan fingerprint density at radius 2 is 1.20 bits per heavy atom. The summed E-state index contributed by atoms with van der Waals surface area (Å²) in [6.07, 6.45) is 0. The first kappa shape index (κ1) is 15.8. The normalized spacial score (nSPS) is 20.4. The summed E-state index contributed by atoms with van der Waals surface area (Å²) in [5, 5.41) is 0. The van der Waals surface area contributed by atoms with Gasteiger partial charge in [0.05, 0.1) is 11.2 Å². The van der Waals surface area contributed by atoms with E-state index < -0.39 is 18.3 Å². The Bertz CT molecular complexity index is 522. The van der Waals surface area contributed by atoms with Gasteiger partial charge in [-0.3, -0.25) is 0 Å². The number of rotatable bonds is 1. The van der Waals surface area contributed by atoms with Crippen molar-refractivity contribution in [3.8, 4) is 0 Å². The lowest BCUT2D eigenvalue weighted by molar-refractivity contribution is 0.00578. The molecule has 98 valence electrons. The monoisotopic (exact) mass is 262 g/mol. The highest BCUT2D eigenvalue weighted by atomic mass is 16.7. The van der Waals surface area contributed by atoms with Crippen molar-refractivity contribution in [3.63, 3.8) is 0 Å². The van der Waals surface area contributed by atoms with Crippen LogP contribution >= 0.6 is 0 Å². The Morgan fingerprint density at radius 1 is 0.750 bits per heavy atom. The molecule has 1 saturated heterocycles. The SMILES string of the molecule is [B]c1c([B])c(C)c(C)c(B2OC(C)(C)C(C)(C)O2)c1[B]. The Balaban J connectivity index is 2.57. The molecule has 6 radical (unpaired) electrons. The van der Waals surface area contributed by atoms with E-state index in [9.17, 15) is 0 Å². The molecule has 0 saturated carbocycles. The second-order valence-electron chi connectivity index (χ2n) is 6.49. The Labute approximate surface area is 126 Å². The molecular weight excluding hydrogens is 243 g/mol. The average Bonchev–Trinajstić information content (AvgIpc) is 2.53. The molecule has 1 fully saturated rings. The highest BCUT2D eigenvalue weighted by Gasteiger charge is 2.52. The summed E-state index contributed by atoms with van der Waals surface area (Å²) >= 11 is 0. The van der Waals surface area contributed by atoms with E-state index in [0.717, 1.165) is 16.6 Å². The lowest BCUT2D eigenvalue weighted by Crippen LogP contribution is -2.56. The van der Waals surface area contributed by atoms with Gasteiger partial charge in [-0.2, -0.15) is 0 Å². The van der Waals surface area contributed by atoms with Crippen LogP contribution in [0.2, 0.25) is 0 Å². The lowest BCUT2D eigenvalue weighted by Gasteiger charge is -2.32. The fourth-order valence-corrected chi connectivity index (χ4v) is 2.36. The topological polar surface area (TPSA) is 18.5 Å². The summed E-state index contributed by atoms with van der Waals surface area (Å²) in [6, 6.07) is 0. The van der Waals surface area contributed by atoms with E-state index in [1.54, 1.807) is 0 Å². The van der Waals surface area contributed by atoms with Crippen LogP contribution in [0.3, 0.4) is 0 Å². The van der Waals surface area contributed by atoms with E-state index in [-0.39, 0.29) is 0 Å². The van der Waals surface area contributed by atoms with Gasteiger partial charge in [0, 0.05) is 0 Å². The maximum Gasteiger partial charge on any atom is 0.494 e. The van der Waals surface area contributed by atoms with Gasteiger partial charge in [0.15, 0.2) is 0 Å². The Hall–Kier alpha value is -0.600. The van der Waals surface area contributed by atoms with Crippen LogP contribution in [0.5, 0.6) is 0 Å². The summed E-state index contributed by atoms with van der Waals surface area (Å²) in [4.78, 5) is 0. The van der Waals surface area contributed by atoms with Crippen molar-refractivity contribution >= 4 is 52.5 Å². The Kier molecular flexibility index (Phi) is 3.71. The largest absolute Gasteiger partial charge is 0.494 e. The van der Waals surface area contributed by atoms with Gasteiger partial charge in [0.25, 0.3) is 0 Å². The molecule has 1 aliphatic rings. The third kappa shape index (κ3) is 2.17. The predicted octanol–water partition coefficient (Wildman–Crippen LogP) is -1.02. The maximum atomic E-state index is 6.15. The molecule has 0 atom stereocenters. The van der Waals surface area contributed by atoms with E-state index in [1.807, 2.05) is 41.5 Å². The van der Waals surface area contributed by atoms with Gasteiger partial charge in [0.2, 0.25) is 0 Å². The van der Waals surface area contributed by atoms with Crippen LogP contribution < -0.4 is 21.9 Å². The zero-order valence-corrected chi connectivity index (χ0v) is 13.1. The molecule has 1 aromatic carbocycles. The minimum atomic E-state index is -0.526. The van der Waals surface area contributed by atoms with Crippen molar-refractivity contribution in [3.05, 3.63) is 11.1 Å². The van der Waals surface area contributed by atoms with Gasteiger partial charge in [-0.25, -0.2) is 0 Å². The molecule has 0 aromatic heterocycles. The first-order valence-electron chi connectivity index (χ1n) is 6.78. The van der Waals surface area contributed by atoms with Gasteiger partial charge in [-0.1, -0.05) is 5.56 Å². The number of benzene rings is 1. The molecule has 20 heavy (non-hydrogen) atoms. The molecule has 2 rings (SSSR count). The van der Waals surface area contributed by atoms with Crippen molar-refractivity contribution in [1.29, 1.82) is 0 Å². The molecule has 6 heteroatoms. The van der Waals surface area contributed by atoms with Gasteiger partial charge in [0.1, 0.15) is 23.5 Å². The van der Waals surface area contributed by atoms with Crippen LogP contribution in [0.1, 0.15) is 38.8 Å². The molecule has 0 aliphatic carbocycles. The molecule has 1 aromatic rings. The number of hydrogen-bond donors (Lipinski definition) is 0. The van der Waals surface area contributed by atoms with Crippen LogP contribution in [-0.2, 0) is 9.31 Å². The smallest absolute Gasteiger partial charge is 0.399 e. The van der Waals surface area contributed by atoms with E-state index in [1.165, 1.54) is 0 Å². The summed E-state index contributed by atoms with van der Waals surface area (Å²) < 4.78 is 12.1.